The molecule has 14 rings (SSSR count). The maximum atomic E-state index is 2.64. The molecule has 6 heteroatoms. The van der Waals surface area contributed by atoms with Crippen LogP contribution in [-0.2, 0) is 10.8 Å². The molecule has 0 radical (unpaired) electrons. The molecular weight excluding hydrogens is 768 g/mol. The standard InChI is InChI=1S/C56H43B2N3S/c1-55(2,3)32-20-24-44-41(28-32)57-39-16-10-12-18-43(39)59(34-14-8-7-9-15-34)46-26-22-35-37-30-38-36-23-27-50-52-54(36)61(48(38)31-47(37)60(44)53(35)51(46)57)45-25-21-33(56(4,5)6)29-42(45)58(52)40-17-11-13-19-49(40)62-50/h7-31H,1-6H3. The van der Waals surface area contributed by atoms with Gasteiger partial charge in [-0.25, -0.2) is 0 Å². The fourth-order valence-electron chi connectivity index (χ4n) is 11.8. The number of aromatic nitrogens is 2. The third-order valence-corrected chi connectivity index (χ3v) is 15.8. The maximum absolute atomic E-state index is 2.64. The third-order valence-electron chi connectivity index (χ3n) is 14.7. The van der Waals surface area contributed by atoms with E-state index in [-0.39, 0.29) is 24.3 Å². The van der Waals surface area contributed by atoms with Crippen molar-refractivity contribution in [1.29, 1.82) is 0 Å². The van der Waals surface area contributed by atoms with Crippen LogP contribution in [0.25, 0.3) is 55.0 Å². The molecule has 0 saturated carbocycles. The predicted molar refractivity (Wildman–Crippen MR) is 267 cm³/mol. The van der Waals surface area contributed by atoms with E-state index in [0.29, 0.717) is 0 Å². The van der Waals surface area contributed by atoms with Gasteiger partial charge in [-0.05, 0) is 110 Å². The summed E-state index contributed by atoms with van der Waals surface area (Å²) in [4.78, 5) is 5.24. The number of nitrogens with zero attached hydrogens (tertiary/aromatic N) is 3. The Bertz CT molecular complexity index is 3660. The van der Waals surface area contributed by atoms with E-state index in [0.717, 1.165) is 0 Å². The molecule has 10 aromatic rings. The fourth-order valence-corrected chi connectivity index (χ4v) is 12.9. The van der Waals surface area contributed by atoms with Crippen LogP contribution in [0.4, 0.5) is 17.1 Å². The van der Waals surface area contributed by atoms with Crippen LogP contribution in [-0.4, -0.2) is 22.6 Å². The summed E-state index contributed by atoms with van der Waals surface area (Å²) in [5.41, 5.74) is 22.7. The van der Waals surface area contributed by atoms with E-state index in [9.17, 15) is 0 Å². The van der Waals surface area contributed by atoms with Gasteiger partial charge >= 0.3 is 0 Å². The summed E-state index contributed by atoms with van der Waals surface area (Å²) < 4.78 is 5.28. The lowest BCUT2D eigenvalue weighted by Crippen LogP contribution is -2.60. The van der Waals surface area contributed by atoms with E-state index in [1.165, 1.54) is 126 Å². The van der Waals surface area contributed by atoms with Crippen molar-refractivity contribution in [3.8, 4) is 11.4 Å². The van der Waals surface area contributed by atoms with Crippen LogP contribution in [0.1, 0.15) is 52.7 Å². The first-order valence-electron chi connectivity index (χ1n) is 22.2. The van der Waals surface area contributed by atoms with Crippen molar-refractivity contribution in [3.63, 3.8) is 0 Å². The Morgan fingerprint density at radius 1 is 0.403 bits per heavy atom. The van der Waals surface area contributed by atoms with Gasteiger partial charge < -0.3 is 14.0 Å². The Morgan fingerprint density at radius 3 is 1.61 bits per heavy atom. The molecule has 0 unspecified atom stereocenters. The first kappa shape index (κ1) is 35.3. The largest absolute Gasteiger partial charge is 0.311 e. The van der Waals surface area contributed by atoms with Crippen molar-refractivity contribution in [2.75, 3.05) is 4.90 Å². The molecule has 4 aliphatic rings. The summed E-state index contributed by atoms with van der Waals surface area (Å²) in [7, 11) is 0. The molecular formula is C56H43B2N3S. The van der Waals surface area contributed by atoms with Gasteiger partial charge in [-0.2, -0.15) is 0 Å². The van der Waals surface area contributed by atoms with E-state index < -0.39 is 0 Å². The van der Waals surface area contributed by atoms with Crippen LogP contribution >= 0.6 is 11.8 Å². The zero-order chi connectivity index (χ0) is 41.6. The topological polar surface area (TPSA) is 13.1 Å². The molecule has 3 nitrogen and oxygen atoms in total. The van der Waals surface area contributed by atoms with Gasteiger partial charge in [0.2, 0.25) is 6.71 Å². The van der Waals surface area contributed by atoms with Gasteiger partial charge in [0.25, 0.3) is 6.71 Å². The number of benzene rings is 8. The first-order valence-corrected chi connectivity index (χ1v) is 23.0. The number of para-hydroxylation sites is 2. The summed E-state index contributed by atoms with van der Waals surface area (Å²) in [6.07, 6.45) is 0. The third kappa shape index (κ3) is 4.41. The number of hydrogen-bond donors (Lipinski definition) is 0. The van der Waals surface area contributed by atoms with Gasteiger partial charge in [0.05, 0.1) is 22.1 Å². The van der Waals surface area contributed by atoms with Gasteiger partial charge in [-0.1, -0.05) is 150 Å². The van der Waals surface area contributed by atoms with E-state index in [1.54, 1.807) is 0 Å². The van der Waals surface area contributed by atoms with Crippen molar-refractivity contribution in [3.05, 3.63) is 163 Å². The highest BCUT2D eigenvalue weighted by Gasteiger charge is 2.44. The van der Waals surface area contributed by atoms with Crippen LogP contribution in [0.3, 0.4) is 0 Å². The molecule has 294 valence electrons. The minimum absolute atomic E-state index is 0.00403. The SMILES string of the molecule is CC(C)(C)c1ccc2c(c1)B1c3ccccc3Sc3ccc4c5cc6c7ccc8c9c7n(c6cc5n-2c4c31)-c1ccc(C(C)(C)C)cc1B9c1ccccc1N8c1ccccc1. The van der Waals surface area contributed by atoms with Crippen LogP contribution in [0.5, 0.6) is 0 Å². The van der Waals surface area contributed by atoms with Crippen LogP contribution < -0.4 is 37.7 Å². The number of rotatable bonds is 1. The van der Waals surface area contributed by atoms with Gasteiger partial charge in [-0.15, -0.1) is 0 Å². The molecule has 0 bridgehead atoms. The fraction of sp³-hybridized carbons (Fsp3) is 0.143. The van der Waals surface area contributed by atoms with E-state index in [2.05, 4.69) is 207 Å². The molecule has 0 aliphatic carbocycles. The Balaban J connectivity index is 1.13. The van der Waals surface area contributed by atoms with Crippen molar-refractivity contribution >= 4 is 119 Å². The molecule has 0 saturated heterocycles. The highest BCUT2D eigenvalue weighted by atomic mass is 32.2. The zero-order valence-corrected chi connectivity index (χ0v) is 36.7. The normalized spacial score (nSPS) is 14.5. The Kier molecular flexibility index (Phi) is 6.69. The monoisotopic (exact) mass is 811 g/mol. The molecule has 6 heterocycles. The number of hydrogen-bond acceptors (Lipinski definition) is 2. The van der Waals surface area contributed by atoms with Gasteiger partial charge in [0, 0.05) is 59.8 Å². The van der Waals surface area contributed by atoms with E-state index in [1.807, 2.05) is 11.8 Å². The molecule has 0 fully saturated rings. The second-order valence-electron chi connectivity index (χ2n) is 20.1. The molecule has 0 spiro atoms. The molecule has 2 aromatic heterocycles. The smallest absolute Gasteiger partial charge is 0.252 e. The lowest BCUT2D eigenvalue weighted by atomic mass is 9.33. The first-order chi connectivity index (χ1) is 30.0. The van der Waals surface area contributed by atoms with Crippen LogP contribution in [0, 0.1) is 0 Å². The van der Waals surface area contributed by atoms with Crippen molar-refractivity contribution < 1.29 is 0 Å². The lowest BCUT2D eigenvalue weighted by Gasteiger charge is -2.40. The summed E-state index contributed by atoms with van der Waals surface area (Å²) in [5, 5.41) is 5.28. The van der Waals surface area contributed by atoms with Gasteiger partial charge in [0.15, 0.2) is 0 Å². The van der Waals surface area contributed by atoms with Crippen LogP contribution in [0.2, 0.25) is 0 Å². The summed E-state index contributed by atoms with van der Waals surface area (Å²) in [5.74, 6) is 0. The Labute approximate surface area is 367 Å². The molecule has 0 amide bonds. The van der Waals surface area contributed by atoms with Crippen molar-refractivity contribution in [2.45, 2.75) is 62.2 Å². The maximum Gasteiger partial charge on any atom is 0.252 e. The zero-order valence-electron chi connectivity index (χ0n) is 35.8. The molecule has 4 aliphatic heterocycles. The minimum Gasteiger partial charge on any atom is -0.311 e. The van der Waals surface area contributed by atoms with E-state index in [4.69, 9.17) is 0 Å². The molecule has 8 aromatic carbocycles. The molecule has 0 N–H and O–H groups in total. The average molecular weight is 812 g/mol. The van der Waals surface area contributed by atoms with Gasteiger partial charge in [0.1, 0.15) is 0 Å². The van der Waals surface area contributed by atoms with Crippen molar-refractivity contribution in [1.82, 2.24) is 9.13 Å². The quantitative estimate of drug-likeness (QED) is 0.153. The summed E-state index contributed by atoms with van der Waals surface area (Å²) in [6, 6.07) is 58.6. The van der Waals surface area contributed by atoms with Gasteiger partial charge in [-0.3, -0.25) is 0 Å². The second-order valence-corrected chi connectivity index (χ2v) is 21.2. The summed E-state index contributed by atoms with van der Waals surface area (Å²) in [6.45, 7) is 14.3. The van der Waals surface area contributed by atoms with E-state index >= 15 is 0 Å². The summed E-state index contributed by atoms with van der Waals surface area (Å²) >= 11 is 1.94. The number of fused-ring (bicyclic) bond motifs is 16. The highest BCUT2D eigenvalue weighted by Crippen LogP contribution is 2.46. The van der Waals surface area contributed by atoms with Crippen LogP contribution in [0.15, 0.2) is 161 Å². The predicted octanol–water partition coefficient (Wildman–Crippen LogP) is 10.4. The average Bonchev–Trinajstić information content (AvgIpc) is 3.78. The second kappa shape index (κ2) is 11.8. The minimum atomic E-state index is 0.00403. The number of anilines is 3. The molecule has 62 heavy (non-hydrogen) atoms. The van der Waals surface area contributed by atoms with Crippen molar-refractivity contribution in [2.24, 2.45) is 0 Å². The molecule has 0 atom stereocenters. The Morgan fingerprint density at radius 2 is 0.952 bits per heavy atom. The lowest BCUT2D eigenvalue weighted by molar-refractivity contribution is 0.590. The Hall–Kier alpha value is -6.36. The highest BCUT2D eigenvalue weighted by molar-refractivity contribution is 8.00.